The van der Waals surface area contributed by atoms with E-state index in [1.165, 1.54) is 13.2 Å². The van der Waals surface area contributed by atoms with Gasteiger partial charge in [0.1, 0.15) is 12.4 Å². The lowest BCUT2D eigenvalue weighted by Gasteiger charge is -2.10. The van der Waals surface area contributed by atoms with Crippen LogP contribution in [-0.4, -0.2) is 41.8 Å². The van der Waals surface area contributed by atoms with Gasteiger partial charge in [-0.2, -0.15) is 9.97 Å². The Kier molecular flexibility index (Phi) is 6.48. The van der Waals surface area contributed by atoms with Crippen LogP contribution in [0.15, 0.2) is 35.3 Å². The van der Waals surface area contributed by atoms with Crippen LogP contribution in [0.3, 0.4) is 0 Å². The predicted molar refractivity (Wildman–Crippen MR) is 108 cm³/mol. The molecule has 1 aromatic carbocycles. The van der Waals surface area contributed by atoms with Gasteiger partial charge in [-0.3, -0.25) is 5.32 Å². The second-order valence-electron chi connectivity index (χ2n) is 6.94. The number of nitrogens with zero attached hydrogens (tertiary/aromatic N) is 3. The third-order valence-electron chi connectivity index (χ3n) is 4.32. The van der Waals surface area contributed by atoms with E-state index >= 15 is 0 Å². The molecule has 1 amide bonds. The standard InChI is InChI=1S/C20H25N5O4/c1-12(2)18-24-16(27-3)10-17(25-18)29-20(26)23-14-7-4-13(5-8-14)6-9-15-11-28-19(21)22-15/h4-5,7-8,10,12,15H,6,9,11H2,1-3H3,(H2,21,22)(H,23,26)/t15-/m0/s1. The summed E-state index contributed by atoms with van der Waals surface area (Å²) in [6, 6.07) is 9.36. The quantitative estimate of drug-likeness (QED) is 0.734. The highest BCUT2D eigenvalue weighted by Gasteiger charge is 2.16. The van der Waals surface area contributed by atoms with Gasteiger partial charge in [0.15, 0.2) is 0 Å². The van der Waals surface area contributed by atoms with Crippen LogP contribution in [0, 0.1) is 0 Å². The molecule has 154 valence electrons. The van der Waals surface area contributed by atoms with Gasteiger partial charge in [-0.1, -0.05) is 26.0 Å². The lowest BCUT2D eigenvalue weighted by atomic mass is 10.1. The number of benzene rings is 1. The normalized spacial score (nSPS) is 15.6. The summed E-state index contributed by atoms with van der Waals surface area (Å²) in [5.74, 6) is 1.08. The lowest BCUT2D eigenvalue weighted by Crippen LogP contribution is -2.18. The fourth-order valence-electron chi connectivity index (χ4n) is 2.75. The molecule has 1 atom stereocenters. The molecule has 3 rings (SSSR count). The zero-order valence-electron chi connectivity index (χ0n) is 16.7. The van der Waals surface area contributed by atoms with Gasteiger partial charge in [0.25, 0.3) is 6.02 Å². The summed E-state index contributed by atoms with van der Waals surface area (Å²) in [5.41, 5.74) is 7.27. The van der Waals surface area contributed by atoms with Crippen LogP contribution in [0.25, 0.3) is 0 Å². The van der Waals surface area contributed by atoms with E-state index in [1.807, 2.05) is 38.1 Å². The van der Waals surface area contributed by atoms with Crippen LogP contribution >= 0.6 is 0 Å². The Morgan fingerprint density at radius 1 is 1.28 bits per heavy atom. The first-order chi connectivity index (χ1) is 13.9. The largest absolute Gasteiger partial charge is 0.481 e. The number of amides is 1. The average molecular weight is 399 g/mol. The summed E-state index contributed by atoms with van der Waals surface area (Å²) in [4.78, 5) is 24.9. The van der Waals surface area contributed by atoms with Crippen molar-refractivity contribution < 1.29 is 19.0 Å². The van der Waals surface area contributed by atoms with Crippen molar-refractivity contribution in [2.24, 2.45) is 10.7 Å². The van der Waals surface area contributed by atoms with Gasteiger partial charge in [0.05, 0.1) is 19.2 Å². The minimum absolute atomic E-state index is 0.0704. The number of anilines is 1. The first kappa shape index (κ1) is 20.4. The summed E-state index contributed by atoms with van der Waals surface area (Å²) in [6.45, 7) is 4.42. The fourth-order valence-corrected chi connectivity index (χ4v) is 2.75. The monoisotopic (exact) mass is 399 g/mol. The first-order valence-electron chi connectivity index (χ1n) is 9.39. The molecular formula is C20H25N5O4. The number of rotatable bonds is 7. The molecule has 0 saturated carbocycles. The summed E-state index contributed by atoms with van der Waals surface area (Å²) in [6.07, 6.45) is 1.05. The minimum atomic E-state index is -0.638. The van der Waals surface area contributed by atoms with E-state index in [1.54, 1.807) is 0 Å². The molecule has 2 aromatic rings. The Hall–Kier alpha value is -3.36. The number of aliphatic imine (C=N–C) groups is 1. The van der Waals surface area contributed by atoms with E-state index in [4.69, 9.17) is 19.9 Å². The van der Waals surface area contributed by atoms with Gasteiger partial charge in [-0.15, -0.1) is 0 Å². The molecule has 0 saturated heterocycles. The molecular weight excluding hydrogens is 374 g/mol. The molecule has 0 unspecified atom stereocenters. The molecule has 9 nitrogen and oxygen atoms in total. The van der Waals surface area contributed by atoms with E-state index in [9.17, 15) is 4.79 Å². The molecule has 1 aliphatic rings. The molecule has 2 heterocycles. The molecule has 0 bridgehead atoms. The highest BCUT2D eigenvalue weighted by molar-refractivity contribution is 5.86. The van der Waals surface area contributed by atoms with Crippen LogP contribution in [-0.2, 0) is 11.2 Å². The predicted octanol–water partition coefficient (Wildman–Crippen LogP) is 2.87. The van der Waals surface area contributed by atoms with Crippen LogP contribution in [0.2, 0.25) is 0 Å². The van der Waals surface area contributed by atoms with E-state index < -0.39 is 6.09 Å². The van der Waals surface area contributed by atoms with E-state index in [2.05, 4.69) is 20.3 Å². The minimum Gasteiger partial charge on any atom is -0.481 e. The van der Waals surface area contributed by atoms with E-state index in [0.29, 0.717) is 24.0 Å². The molecule has 0 radical (unpaired) electrons. The second kappa shape index (κ2) is 9.22. The highest BCUT2D eigenvalue weighted by atomic mass is 16.6. The molecule has 29 heavy (non-hydrogen) atoms. The summed E-state index contributed by atoms with van der Waals surface area (Å²) in [7, 11) is 1.50. The van der Waals surface area contributed by atoms with Crippen LogP contribution in [0.1, 0.15) is 37.6 Å². The molecule has 9 heteroatoms. The highest BCUT2D eigenvalue weighted by Crippen LogP contribution is 2.20. The number of hydrogen-bond acceptors (Lipinski definition) is 8. The van der Waals surface area contributed by atoms with E-state index in [-0.39, 0.29) is 23.9 Å². The van der Waals surface area contributed by atoms with Gasteiger partial charge in [0.2, 0.25) is 11.8 Å². The summed E-state index contributed by atoms with van der Waals surface area (Å²) < 4.78 is 15.6. The SMILES string of the molecule is COc1cc(OC(=O)Nc2ccc(CC[C@H]3COC(N)=N3)cc2)nc(C(C)C)n1. The van der Waals surface area contributed by atoms with Gasteiger partial charge in [-0.05, 0) is 30.5 Å². The third-order valence-corrected chi connectivity index (χ3v) is 4.32. The Morgan fingerprint density at radius 2 is 2.00 bits per heavy atom. The molecule has 3 N–H and O–H groups in total. The van der Waals surface area contributed by atoms with Crippen LogP contribution < -0.4 is 20.5 Å². The number of ether oxygens (including phenoxy) is 3. The number of hydrogen-bond donors (Lipinski definition) is 2. The van der Waals surface area contributed by atoms with Crippen molar-refractivity contribution in [3.63, 3.8) is 0 Å². The van der Waals surface area contributed by atoms with E-state index in [0.717, 1.165) is 18.4 Å². The van der Waals surface area contributed by atoms with Crippen LogP contribution in [0.4, 0.5) is 10.5 Å². The number of amidine groups is 1. The van der Waals surface area contributed by atoms with Crippen molar-refractivity contribution in [1.82, 2.24) is 9.97 Å². The van der Waals surface area contributed by atoms with Crippen molar-refractivity contribution in [2.45, 2.75) is 38.6 Å². The number of carbonyl (C=O) groups excluding carboxylic acids is 1. The van der Waals surface area contributed by atoms with Gasteiger partial charge in [-0.25, -0.2) is 9.79 Å². The van der Waals surface area contributed by atoms with Crippen LogP contribution in [0.5, 0.6) is 11.8 Å². The number of aromatic nitrogens is 2. The smallest absolute Gasteiger partial charge is 0.418 e. The maximum Gasteiger partial charge on any atom is 0.418 e. The van der Waals surface area contributed by atoms with Crippen molar-refractivity contribution in [1.29, 1.82) is 0 Å². The molecule has 0 fully saturated rings. The molecule has 0 aliphatic carbocycles. The van der Waals surface area contributed by atoms with Crippen molar-refractivity contribution in [3.8, 4) is 11.8 Å². The Balaban J connectivity index is 1.55. The number of carbonyl (C=O) groups is 1. The lowest BCUT2D eigenvalue weighted by molar-refractivity contribution is 0.213. The summed E-state index contributed by atoms with van der Waals surface area (Å²) in [5, 5.41) is 2.69. The van der Waals surface area contributed by atoms with Crippen molar-refractivity contribution in [2.75, 3.05) is 19.0 Å². The molecule has 0 spiro atoms. The van der Waals surface area contributed by atoms with Crippen molar-refractivity contribution in [3.05, 3.63) is 41.7 Å². The number of nitrogens with one attached hydrogen (secondary N) is 1. The van der Waals surface area contributed by atoms with Crippen molar-refractivity contribution >= 4 is 17.8 Å². The second-order valence-corrected chi connectivity index (χ2v) is 6.94. The zero-order chi connectivity index (χ0) is 20.8. The number of methoxy groups -OCH3 is 1. The average Bonchev–Trinajstić information content (AvgIpc) is 3.12. The number of aryl methyl sites for hydroxylation is 1. The first-order valence-corrected chi connectivity index (χ1v) is 9.39. The summed E-state index contributed by atoms with van der Waals surface area (Å²) >= 11 is 0. The molecule has 1 aliphatic heterocycles. The van der Waals surface area contributed by atoms with Gasteiger partial charge >= 0.3 is 6.09 Å². The maximum atomic E-state index is 12.2. The number of nitrogens with two attached hydrogens (primary N) is 1. The molecule has 1 aromatic heterocycles. The topological polar surface area (TPSA) is 121 Å². The maximum absolute atomic E-state index is 12.2. The van der Waals surface area contributed by atoms with Gasteiger partial charge < -0.3 is 19.9 Å². The Morgan fingerprint density at radius 3 is 2.62 bits per heavy atom. The fraction of sp³-hybridized carbons (Fsp3) is 0.400. The van der Waals surface area contributed by atoms with Gasteiger partial charge in [0, 0.05) is 11.6 Å². The zero-order valence-corrected chi connectivity index (χ0v) is 16.7. The third kappa shape index (κ3) is 5.81. The Labute approximate surface area is 169 Å². The Bertz CT molecular complexity index is 883.